The van der Waals surface area contributed by atoms with E-state index in [-0.39, 0.29) is 5.04 Å². The molecule has 0 aliphatic rings. The summed E-state index contributed by atoms with van der Waals surface area (Å²) in [7, 11) is -1.68. The molecule has 0 saturated heterocycles. The minimum absolute atomic E-state index is 0.185. The van der Waals surface area contributed by atoms with E-state index in [1.807, 2.05) is 0 Å². The average molecular weight is 174 g/mol. The zero-order chi connectivity index (χ0) is 8.41. The van der Waals surface area contributed by atoms with E-state index in [0.29, 0.717) is 0 Å². The van der Waals surface area contributed by atoms with Crippen molar-refractivity contribution in [1.29, 1.82) is 0 Å². The van der Waals surface area contributed by atoms with Gasteiger partial charge in [0.2, 0.25) is 0 Å². The van der Waals surface area contributed by atoms with Crippen LogP contribution >= 0.6 is 0 Å². The molecule has 58 valence electrons. The molecule has 0 aromatic rings. The molecule has 0 aliphatic heterocycles. The summed E-state index contributed by atoms with van der Waals surface area (Å²) in [4.78, 5) is 0. The van der Waals surface area contributed by atoms with Gasteiger partial charge >= 0.3 is 70.0 Å². The van der Waals surface area contributed by atoms with Gasteiger partial charge in [0.1, 0.15) is 0 Å². The van der Waals surface area contributed by atoms with E-state index in [9.17, 15) is 3.80 Å². The van der Waals surface area contributed by atoms with Crippen molar-refractivity contribution < 1.29 is 7.28 Å². The molecule has 0 unspecified atom stereocenters. The normalized spacial score (nSPS) is 12.5. The van der Waals surface area contributed by atoms with E-state index in [1.54, 1.807) is 0 Å². The second-order valence-corrected chi connectivity index (χ2v) is 9.63. The third-order valence-corrected chi connectivity index (χ3v) is 8.50. The molecule has 0 amide bonds. The molecule has 0 saturated carbocycles. The van der Waals surface area contributed by atoms with Gasteiger partial charge in [-0.05, 0) is 0 Å². The van der Waals surface area contributed by atoms with Gasteiger partial charge in [-0.25, -0.2) is 0 Å². The van der Waals surface area contributed by atoms with Crippen LogP contribution in [0.3, 0.4) is 0 Å². The molecular weight excluding hydrogens is 159 g/mol. The minimum atomic E-state index is -1.68. The maximum atomic E-state index is 10.3. The molecule has 0 N–H and O–H groups in total. The van der Waals surface area contributed by atoms with Crippen LogP contribution in [0.4, 0.5) is 0 Å². The van der Waals surface area contributed by atoms with Crippen molar-refractivity contribution >= 4 is 23.8 Å². The Balaban J connectivity index is 4.23. The Hall–Kier alpha value is 0.349. The summed E-state index contributed by atoms with van der Waals surface area (Å²) < 4.78 is 15.5. The van der Waals surface area contributed by atoms with Crippen LogP contribution in [-0.2, 0) is 7.28 Å². The summed E-state index contributed by atoms with van der Waals surface area (Å²) in [5.41, 5.74) is 0. The summed E-state index contributed by atoms with van der Waals surface area (Å²) in [5.74, 6) is 0. The Morgan fingerprint density at radius 2 is 1.70 bits per heavy atom. The van der Waals surface area contributed by atoms with Gasteiger partial charge in [0.25, 0.3) is 0 Å². The molecule has 4 heteroatoms. The average Bonchev–Trinajstić information content (AvgIpc) is 1.61. The van der Waals surface area contributed by atoms with Crippen molar-refractivity contribution in [2.75, 3.05) is 0 Å². The molecule has 0 spiro atoms. The second-order valence-electron chi connectivity index (χ2n) is 3.97. The molecule has 0 heterocycles. The first-order chi connectivity index (χ1) is 4.31. The summed E-state index contributed by atoms with van der Waals surface area (Å²) in [6.45, 7) is 10.6. The Kier molecular flexibility index (Phi) is 3.28. The Bertz CT molecular complexity index is 128. The molecule has 0 aliphatic carbocycles. The van der Waals surface area contributed by atoms with Crippen molar-refractivity contribution in [1.82, 2.24) is 0 Å². The molecule has 10 heavy (non-hydrogen) atoms. The first-order valence-electron chi connectivity index (χ1n) is 3.43. The van der Waals surface area contributed by atoms with Crippen LogP contribution in [0, 0.1) is 0 Å². The maximum absolute atomic E-state index is 10.3. The van der Waals surface area contributed by atoms with E-state index >= 15 is 0 Å². The molecule has 0 atom stereocenters. The summed E-state index contributed by atoms with van der Waals surface area (Å²) in [5, 5.41) is 0.185. The Morgan fingerprint density at radius 3 is 1.80 bits per heavy atom. The predicted molar refractivity (Wildman–Crippen MR) is 44.7 cm³/mol. The topological polar surface area (TPSA) is 26.3 Å². The van der Waals surface area contributed by atoms with Crippen LogP contribution < -0.4 is 0 Å². The third kappa shape index (κ3) is 2.53. The van der Waals surface area contributed by atoms with Gasteiger partial charge in [0, 0.05) is 0 Å². The van der Waals surface area contributed by atoms with Crippen molar-refractivity contribution in [3.05, 3.63) is 0 Å². The molecule has 0 rings (SSSR count). The zero-order valence-electron chi connectivity index (χ0n) is 7.39. The first kappa shape index (κ1) is 10.3. The fraction of sp³-hybridized carbons (Fsp3) is 1.00. The van der Waals surface area contributed by atoms with E-state index < -0.39 is 23.8 Å². The van der Waals surface area contributed by atoms with Crippen LogP contribution in [0.15, 0.2) is 0 Å². The van der Waals surface area contributed by atoms with E-state index in [4.69, 9.17) is 3.48 Å². The molecule has 0 bridgehead atoms. The first-order valence-corrected chi connectivity index (χ1v) is 7.28. The SMILES string of the molecule is CC(C)(C)[Si](C)(C)[O][Al]=[O]. The molecule has 2 nitrogen and oxygen atoms in total. The number of hydrogen-bond donors (Lipinski definition) is 0. The molecule has 0 aromatic carbocycles. The quantitative estimate of drug-likeness (QED) is 0.598. The number of hydrogen-bond acceptors (Lipinski definition) is 2. The van der Waals surface area contributed by atoms with Crippen molar-refractivity contribution in [2.24, 2.45) is 0 Å². The Labute approximate surface area is 70.4 Å². The van der Waals surface area contributed by atoms with Crippen LogP contribution in [-0.4, -0.2) is 23.8 Å². The zero-order valence-corrected chi connectivity index (χ0v) is 9.55. The second kappa shape index (κ2) is 3.17. The van der Waals surface area contributed by atoms with Gasteiger partial charge < -0.3 is 0 Å². The van der Waals surface area contributed by atoms with E-state index in [1.165, 1.54) is 0 Å². The van der Waals surface area contributed by atoms with Gasteiger partial charge in [0.05, 0.1) is 0 Å². The summed E-state index contributed by atoms with van der Waals surface area (Å²) in [6.07, 6.45) is 0. The van der Waals surface area contributed by atoms with E-state index in [0.717, 1.165) is 0 Å². The summed E-state index contributed by atoms with van der Waals surface area (Å²) in [6, 6.07) is 0. The van der Waals surface area contributed by atoms with Gasteiger partial charge in [-0.2, -0.15) is 0 Å². The fourth-order valence-electron chi connectivity index (χ4n) is 0.297. The Morgan fingerprint density at radius 1 is 1.30 bits per heavy atom. The molecule has 0 aromatic heterocycles. The van der Waals surface area contributed by atoms with Crippen LogP contribution in [0.5, 0.6) is 0 Å². The van der Waals surface area contributed by atoms with E-state index in [2.05, 4.69) is 33.9 Å². The van der Waals surface area contributed by atoms with Crippen molar-refractivity contribution in [3.8, 4) is 0 Å². The fourth-order valence-corrected chi connectivity index (χ4v) is 2.67. The van der Waals surface area contributed by atoms with Crippen molar-refractivity contribution in [2.45, 2.75) is 38.9 Å². The third-order valence-electron chi connectivity index (χ3n) is 2.15. The van der Waals surface area contributed by atoms with Crippen LogP contribution in [0.2, 0.25) is 18.1 Å². The molecular formula is C6H15AlO2Si. The van der Waals surface area contributed by atoms with Gasteiger partial charge in [-0.1, -0.05) is 0 Å². The monoisotopic (exact) mass is 174 g/mol. The van der Waals surface area contributed by atoms with Gasteiger partial charge in [0.15, 0.2) is 0 Å². The van der Waals surface area contributed by atoms with Gasteiger partial charge in [-0.15, -0.1) is 0 Å². The standard InChI is InChI=1S/C6H15OSi.Al.O/c1-6(2,3)8(4,5)7;;/h1-5H3;;/q-1;+1;. The molecule has 0 fully saturated rings. The molecule has 0 radical (unpaired) electrons. The van der Waals surface area contributed by atoms with Crippen LogP contribution in [0.25, 0.3) is 0 Å². The van der Waals surface area contributed by atoms with Crippen LogP contribution in [0.1, 0.15) is 20.8 Å². The predicted octanol–water partition coefficient (Wildman–Crippen LogP) is 1.97. The van der Waals surface area contributed by atoms with Crippen molar-refractivity contribution in [3.63, 3.8) is 0 Å². The summed E-state index contributed by atoms with van der Waals surface area (Å²) >= 11 is -1.03. The number of rotatable bonds is 2. The van der Waals surface area contributed by atoms with Gasteiger partial charge in [-0.3, -0.25) is 0 Å².